The molecule has 2 unspecified atom stereocenters. The van der Waals surface area contributed by atoms with Crippen LogP contribution in [0.15, 0.2) is 11.6 Å². The third kappa shape index (κ3) is 3.00. The van der Waals surface area contributed by atoms with Crippen LogP contribution in [0.1, 0.15) is 53.9 Å². The summed E-state index contributed by atoms with van der Waals surface area (Å²) in [7, 11) is 0. The van der Waals surface area contributed by atoms with Crippen molar-refractivity contribution >= 4 is 0 Å². The van der Waals surface area contributed by atoms with Gasteiger partial charge >= 0.3 is 0 Å². The maximum atomic E-state index is 2.41. The van der Waals surface area contributed by atoms with Gasteiger partial charge in [0, 0.05) is 0 Å². The van der Waals surface area contributed by atoms with Gasteiger partial charge in [-0.05, 0) is 31.6 Å². The van der Waals surface area contributed by atoms with E-state index in [1.165, 1.54) is 19.3 Å². The van der Waals surface area contributed by atoms with Crippen LogP contribution in [-0.4, -0.2) is 0 Å². The molecule has 0 bridgehead atoms. The van der Waals surface area contributed by atoms with Crippen molar-refractivity contribution in [3.05, 3.63) is 11.6 Å². The van der Waals surface area contributed by atoms with Crippen LogP contribution >= 0.6 is 0 Å². The van der Waals surface area contributed by atoms with Crippen LogP contribution in [0.2, 0.25) is 0 Å². The van der Waals surface area contributed by atoms with Gasteiger partial charge in [0.2, 0.25) is 0 Å². The summed E-state index contributed by atoms with van der Waals surface area (Å²) in [5, 5.41) is 0. The van der Waals surface area contributed by atoms with Crippen molar-refractivity contribution in [2.24, 2.45) is 11.8 Å². The van der Waals surface area contributed by atoms with E-state index in [0.717, 1.165) is 11.8 Å². The summed E-state index contributed by atoms with van der Waals surface area (Å²) in [4.78, 5) is 0. The van der Waals surface area contributed by atoms with Gasteiger partial charge in [0.15, 0.2) is 0 Å². The van der Waals surface area contributed by atoms with E-state index in [-0.39, 0.29) is 0 Å². The Morgan fingerprint density at radius 1 is 1.42 bits per heavy atom. The molecule has 0 aromatic carbocycles. The maximum Gasteiger partial charge on any atom is -0.0203 e. The van der Waals surface area contributed by atoms with E-state index in [2.05, 4.69) is 26.8 Å². The Morgan fingerprint density at radius 3 is 2.33 bits per heavy atom. The van der Waals surface area contributed by atoms with Crippen LogP contribution in [0.4, 0.5) is 0 Å². The number of hydrogen-bond acceptors (Lipinski definition) is 0. The molecular formula is C12H24. The van der Waals surface area contributed by atoms with Crippen molar-refractivity contribution in [1.82, 2.24) is 0 Å². The summed E-state index contributed by atoms with van der Waals surface area (Å²) in [6.07, 6.45) is 6.50. The number of allylic oxidation sites excluding steroid dienone is 2. The van der Waals surface area contributed by atoms with Crippen LogP contribution in [0, 0.1) is 11.8 Å². The van der Waals surface area contributed by atoms with Crippen LogP contribution < -0.4 is 0 Å². The summed E-state index contributed by atoms with van der Waals surface area (Å²) in [5.41, 5.74) is 1.61. The first-order valence-corrected chi connectivity index (χ1v) is 5.42. The molecule has 0 saturated carbocycles. The third-order valence-electron chi connectivity index (χ3n) is 2.83. The van der Waals surface area contributed by atoms with Crippen LogP contribution in [0.3, 0.4) is 0 Å². The minimum absolute atomic E-state index is 0.861. The van der Waals surface area contributed by atoms with Crippen molar-refractivity contribution in [2.75, 3.05) is 0 Å². The molecule has 0 aliphatic heterocycles. The fraction of sp³-hybridized carbons (Fsp3) is 0.833. The average Bonchev–Trinajstić information content (AvgIpc) is 2.41. The van der Waals surface area contributed by atoms with Gasteiger partial charge in [-0.25, -0.2) is 0 Å². The predicted octanol–water partition coefficient (Wildman–Crippen LogP) is 4.42. The lowest BCUT2D eigenvalue weighted by molar-refractivity contribution is 0.405. The Hall–Kier alpha value is -0.260. The van der Waals surface area contributed by atoms with Gasteiger partial charge in [0.1, 0.15) is 0 Å². The summed E-state index contributed by atoms with van der Waals surface area (Å²) in [6.45, 7) is 10.9. The molecule has 0 saturated heterocycles. The van der Waals surface area contributed by atoms with E-state index in [4.69, 9.17) is 0 Å². The lowest BCUT2D eigenvalue weighted by atomic mass is 9.90. The molecule has 0 amide bonds. The van der Waals surface area contributed by atoms with Crippen LogP contribution in [0.25, 0.3) is 0 Å². The summed E-state index contributed by atoms with van der Waals surface area (Å²) < 4.78 is 0. The van der Waals surface area contributed by atoms with E-state index in [1.807, 2.05) is 13.8 Å². The molecule has 1 aliphatic rings. The van der Waals surface area contributed by atoms with Crippen molar-refractivity contribution in [2.45, 2.75) is 53.9 Å². The fourth-order valence-electron chi connectivity index (χ4n) is 1.84. The first-order valence-electron chi connectivity index (χ1n) is 5.42. The molecule has 0 N–H and O–H groups in total. The zero-order valence-electron chi connectivity index (χ0n) is 9.35. The summed E-state index contributed by atoms with van der Waals surface area (Å²) in [5.74, 6) is 1.82. The topological polar surface area (TPSA) is 0 Å². The largest absolute Gasteiger partial charge is 0.0850 e. The van der Waals surface area contributed by atoms with Crippen molar-refractivity contribution in [1.29, 1.82) is 0 Å². The van der Waals surface area contributed by atoms with Gasteiger partial charge in [-0.3, -0.25) is 0 Å². The second-order valence-corrected chi connectivity index (χ2v) is 3.52. The van der Waals surface area contributed by atoms with Gasteiger partial charge in [-0.15, -0.1) is 0 Å². The van der Waals surface area contributed by atoms with Gasteiger partial charge in [0.25, 0.3) is 0 Å². The summed E-state index contributed by atoms with van der Waals surface area (Å²) >= 11 is 0. The van der Waals surface area contributed by atoms with Crippen molar-refractivity contribution in [3.63, 3.8) is 0 Å². The average molecular weight is 168 g/mol. The Kier molecular flexibility index (Phi) is 6.14. The van der Waals surface area contributed by atoms with Crippen LogP contribution in [-0.2, 0) is 0 Å². The van der Waals surface area contributed by atoms with Gasteiger partial charge in [0.05, 0.1) is 0 Å². The Morgan fingerprint density at radius 2 is 2.00 bits per heavy atom. The molecule has 0 heteroatoms. The molecule has 72 valence electrons. The molecule has 1 aliphatic carbocycles. The highest BCUT2D eigenvalue weighted by Crippen LogP contribution is 2.33. The third-order valence-corrected chi connectivity index (χ3v) is 2.83. The molecule has 0 spiro atoms. The van der Waals surface area contributed by atoms with E-state index in [1.54, 1.807) is 5.57 Å². The minimum atomic E-state index is 0.861. The Bertz CT molecular complexity index is 133. The molecular weight excluding hydrogens is 144 g/mol. The highest BCUT2D eigenvalue weighted by atomic mass is 14.3. The molecule has 0 fully saturated rings. The number of rotatable bonds is 2. The first-order chi connectivity index (χ1) is 5.75. The van der Waals surface area contributed by atoms with E-state index >= 15 is 0 Å². The molecule has 0 heterocycles. The van der Waals surface area contributed by atoms with E-state index in [0.29, 0.717) is 0 Å². The molecule has 0 aromatic rings. The predicted molar refractivity (Wildman–Crippen MR) is 57.3 cm³/mol. The molecule has 12 heavy (non-hydrogen) atoms. The van der Waals surface area contributed by atoms with Gasteiger partial charge in [-0.2, -0.15) is 0 Å². The molecule has 2 atom stereocenters. The quantitative estimate of drug-likeness (QED) is 0.536. The Labute approximate surface area is 78.1 Å². The minimum Gasteiger partial charge on any atom is -0.0850 e. The monoisotopic (exact) mass is 168 g/mol. The molecule has 1 rings (SSSR count). The summed E-state index contributed by atoms with van der Waals surface area (Å²) in [6, 6.07) is 0. The zero-order valence-corrected chi connectivity index (χ0v) is 9.35. The molecule has 0 nitrogen and oxygen atoms in total. The second-order valence-electron chi connectivity index (χ2n) is 3.52. The zero-order chi connectivity index (χ0) is 9.56. The lowest BCUT2D eigenvalue weighted by Gasteiger charge is -2.15. The van der Waals surface area contributed by atoms with Crippen LogP contribution in [0.5, 0.6) is 0 Å². The number of hydrogen-bond donors (Lipinski definition) is 0. The SMILES string of the molecule is CC.CCCC1CC=C(C)C1C. The first kappa shape index (κ1) is 11.7. The highest BCUT2D eigenvalue weighted by Gasteiger charge is 2.21. The van der Waals surface area contributed by atoms with E-state index in [9.17, 15) is 0 Å². The van der Waals surface area contributed by atoms with Crippen molar-refractivity contribution < 1.29 is 0 Å². The lowest BCUT2D eigenvalue weighted by Crippen LogP contribution is -2.05. The van der Waals surface area contributed by atoms with Gasteiger partial charge in [-0.1, -0.05) is 45.8 Å². The normalized spacial score (nSPS) is 27.6. The fourth-order valence-corrected chi connectivity index (χ4v) is 1.84. The molecule has 0 radical (unpaired) electrons. The second kappa shape index (κ2) is 6.28. The standard InChI is InChI=1S/C10H18.C2H6/c1-4-5-10-7-6-8(2)9(10)3;1-2/h6,9-10H,4-5,7H2,1-3H3;1-2H3. The maximum absolute atomic E-state index is 2.41. The van der Waals surface area contributed by atoms with E-state index < -0.39 is 0 Å². The van der Waals surface area contributed by atoms with Crippen molar-refractivity contribution in [3.8, 4) is 0 Å². The van der Waals surface area contributed by atoms with Gasteiger partial charge < -0.3 is 0 Å². The smallest absolute Gasteiger partial charge is 0.0203 e. The highest BCUT2D eigenvalue weighted by molar-refractivity contribution is 5.11. The molecule has 0 aromatic heterocycles. The Balaban J connectivity index is 0.000000561.